The number of non-ortho nitro benzene ring substituents is 1. The normalized spacial score (nSPS) is 11.0. The summed E-state index contributed by atoms with van der Waals surface area (Å²) in [7, 11) is 0. The van der Waals surface area contributed by atoms with E-state index in [1.165, 1.54) is 24.3 Å². The number of nitro groups is 1. The average molecular weight is 632 g/mol. The predicted octanol–water partition coefficient (Wildman–Crippen LogP) is 7.95. The topological polar surface area (TPSA) is 148 Å². The number of nitriles is 1. The maximum atomic E-state index is 13.1. The molecule has 0 radical (unpaired) electrons. The van der Waals surface area contributed by atoms with Crippen molar-refractivity contribution in [3.8, 4) is 34.3 Å². The third kappa shape index (κ3) is 6.80. The van der Waals surface area contributed by atoms with Crippen molar-refractivity contribution >= 4 is 40.4 Å². The number of carbonyl (C=O) groups excluding carboxylic acids is 2. The van der Waals surface area contributed by atoms with E-state index in [0.717, 1.165) is 16.8 Å². The molecule has 232 valence electrons. The number of nitro benzene ring substituents is 1. The minimum absolute atomic E-state index is 0.186. The molecule has 48 heavy (non-hydrogen) atoms. The van der Waals surface area contributed by atoms with Gasteiger partial charge in [-0.1, -0.05) is 78.9 Å². The zero-order valence-corrected chi connectivity index (χ0v) is 25.5. The Morgan fingerprint density at radius 3 is 2.04 bits per heavy atom. The monoisotopic (exact) mass is 631 g/mol. The molecule has 0 fully saturated rings. The van der Waals surface area contributed by atoms with Crippen LogP contribution in [0.1, 0.15) is 21.5 Å². The van der Waals surface area contributed by atoms with Crippen LogP contribution >= 0.6 is 0 Å². The van der Waals surface area contributed by atoms with E-state index in [9.17, 15) is 25.0 Å². The number of fused-ring (bicyclic) bond motifs is 1. The number of nitrogens with one attached hydrogen (secondary N) is 1. The van der Waals surface area contributed by atoms with Gasteiger partial charge in [0.05, 0.1) is 38.6 Å². The molecular weight excluding hydrogens is 606 g/mol. The highest BCUT2D eigenvalue weighted by Crippen LogP contribution is 2.31. The lowest BCUT2D eigenvalue weighted by Gasteiger charge is -2.11. The molecule has 0 saturated carbocycles. The van der Waals surface area contributed by atoms with E-state index >= 15 is 0 Å². The Hall–Kier alpha value is -6.99. The van der Waals surface area contributed by atoms with Crippen molar-refractivity contribution in [2.75, 3.05) is 5.32 Å². The van der Waals surface area contributed by atoms with Crippen molar-refractivity contribution < 1.29 is 19.2 Å². The number of amides is 1. The minimum atomic E-state index is -0.720. The minimum Gasteiger partial charge on any atom is -0.423 e. The summed E-state index contributed by atoms with van der Waals surface area (Å²) in [5, 5.41) is 23.3. The van der Waals surface area contributed by atoms with Gasteiger partial charge < -0.3 is 10.1 Å². The number of ether oxygens (including phenoxy) is 1. The molecule has 0 atom stereocenters. The lowest BCUT2D eigenvalue weighted by Crippen LogP contribution is -2.14. The molecule has 1 amide bonds. The average Bonchev–Trinajstić information content (AvgIpc) is 3.12. The lowest BCUT2D eigenvalue weighted by atomic mass is 10.0. The van der Waals surface area contributed by atoms with Gasteiger partial charge in [0.1, 0.15) is 17.4 Å². The van der Waals surface area contributed by atoms with Gasteiger partial charge in [-0.3, -0.25) is 14.9 Å². The molecule has 5 aromatic carbocycles. The SMILES string of the molecule is Cc1ccc([N+](=O)[O-])cc1NC(=O)/C(C#N)=C/c1ccc(OC(=O)c2ccc3nc(-c4ccccc4)c(-c4ccccc4)nc3c2)cc1. The van der Waals surface area contributed by atoms with E-state index < -0.39 is 16.8 Å². The number of esters is 1. The van der Waals surface area contributed by atoms with Crippen LogP contribution in [0.15, 0.2) is 127 Å². The third-order valence-corrected chi connectivity index (χ3v) is 7.44. The highest BCUT2D eigenvalue weighted by Gasteiger charge is 2.17. The fraction of sp³-hybridized carbons (Fsp3) is 0.0263. The van der Waals surface area contributed by atoms with Gasteiger partial charge in [-0.05, 0) is 54.5 Å². The summed E-state index contributed by atoms with van der Waals surface area (Å²) in [5.41, 5.74) is 5.61. The molecule has 0 bridgehead atoms. The molecule has 10 nitrogen and oxygen atoms in total. The van der Waals surface area contributed by atoms with Crippen molar-refractivity contribution in [1.82, 2.24) is 9.97 Å². The van der Waals surface area contributed by atoms with Crippen LogP contribution in [0.5, 0.6) is 5.75 Å². The number of benzene rings is 5. The van der Waals surface area contributed by atoms with Crippen molar-refractivity contribution in [1.29, 1.82) is 5.26 Å². The van der Waals surface area contributed by atoms with Crippen LogP contribution in [0.25, 0.3) is 39.6 Å². The van der Waals surface area contributed by atoms with Crippen LogP contribution < -0.4 is 10.1 Å². The van der Waals surface area contributed by atoms with Crippen LogP contribution in [-0.4, -0.2) is 26.8 Å². The zero-order chi connectivity index (χ0) is 33.6. The van der Waals surface area contributed by atoms with Gasteiger partial charge in [0.15, 0.2) is 0 Å². The number of hydrogen-bond donors (Lipinski definition) is 1. The van der Waals surface area contributed by atoms with Crippen molar-refractivity contribution in [3.05, 3.63) is 154 Å². The summed E-state index contributed by atoms with van der Waals surface area (Å²) in [4.78, 5) is 46.3. The smallest absolute Gasteiger partial charge is 0.343 e. The number of hydrogen-bond acceptors (Lipinski definition) is 8. The summed E-state index contributed by atoms with van der Waals surface area (Å²) in [5.74, 6) is -1.06. The van der Waals surface area contributed by atoms with Crippen LogP contribution in [0.4, 0.5) is 11.4 Å². The van der Waals surface area contributed by atoms with Crippen LogP contribution in [0.2, 0.25) is 0 Å². The molecular formula is C38H25N5O5. The Balaban J connectivity index is 1.20. The second-order valence-corrected chi connectivity index (χ2v) is 10.7. The number of nitrogens with zero attached hydrogens (tertiary/aromatic N) is 4. The summed E-state index contributed by atoms with van der Waals surface area (Å²) in [6.07, 6.45) is 1.36. The molecule has 1 heterocycles. The first-order valence-electron chi connectivity index (χ1n) is 14.7. The number of anilines is 1. The summed E-state index contributed by atoms with van der Waals surface area (Å²) in [6.45, 7) is 1.68. The summed E-state index contributed by atoms with van der Waals surface area (Å²) >= 11 is 0. The Kier molecular flexibility index (Phi) is 8.76. The number of aromatic nitrogens is 2. The molecule has 0 unspecified atom stereocenters. The first-order valence-corrected chi connectivity index (χ1v) is 14.7. The number of rotatable bonds is 8. The fourth-order valence-corrected chi connectivity index (χ4v) is 4.94. The zero-order valence-electron chi connectivity index (χ0n) is 25.5. The van der Waals surface area contributed by atoms with Crippen molar-refractivity contribution in [3.63, 3.8) is 0 Å². The van der Waals surface area contributed by atoms with Crippen LogP contribution in [0.3, 0.4) is 0 Å². The fourth-order valence-electron chi connectivity index (χ4n) is 4.94. The maximum Gasteiger partial charge on any atom is 0.343 e. The number of carbonyl (C=O) groups is 2. The Bertz CT molecular complexity index is 2260. The van der Waals surface area contributed by atoms with Gasteiger partial charge in [0.25, 0.3) is 11.6 Å². The van der Waals surface area contributed by atoms with E-state index in [2.05, 4.69) is 5.32 Å². The molecule has 0 saturated heterocycles. The van der Waals surface area contributed by atoms with Gasteiger partial charge in [-0.2, -0.15) is 5.26 Å². The highest BCUT2D eigenvalue weighted by atomic mass is 16.6. The Labute approximate surface area is 274 Å². The standard InChI is InChI=1S/C38H25N5O5/c1-24-12-16-30(43(46)47)22-33(24)42-37(44)29(23-39)20-25-13-17-31(18-14-25)48-38(45)28-15-19-32-34(21-28)41-36(27-10-6-3-7-11-27)35(40-32)26-8-4-2-5-9-26/h2-22H,1H3,(H,42,44)/b29-20+. The number of aryl methyl sites for hydroxylation is 1. The van der Waals surface area contributed by atoms with Crippen LogP contribution in [0, 0.1) is 28.4 Å². The molecule has 6 aromatic rings. The quantitative estimate of drug-likeness (QED) is 0.0444. The first kappa shape index (κ1) is 31.0. The highest BCUT2D eigenvalue weighted by molar-refractivity contribution is 6.10. The van der Waals surface area contributed by atoms with E-state index in [1.807, 2.05) is 66.7 Å². The summed E-state index contributed by atoms with van der Waals surface area (Å²) < 4.78 is 5.61. The second-order valence-electron chi connectivity index (χ2n) is 10.7. The molecule has 0 spiro atoms. The largest absolute Gasteiger partial charge is 0.423 e. The molecule has 6 rings (SSSR count). The Morgan fingerprint density at radius 1 is 0.812 bits per heavy atom. The van der Waals surface area contributed by atoms with E-state index in [4.69, 9.17) is 14.7 Å². The Morgan fingerprint density at radius 2 is 1.44 bits per heavy atom. The summed E-state index contributed by atoms with van der Waals surface area (Å²) in [6, 6.07) is 36.7. The molecule has 0 aliphatic carbocycles. The van der Waals surface area contributed by atoms with Gasteiger partial charge in [0.2, 0.25) is 0 Å². The molecule has 1 N–H and O–H groups in total. The van der Waals surface area contributed by atoms with Gasteiger partial charge in [0, 0.05) is 23.3 Å². The van der Waals surface area contributed by atoms with Crippen molar-refractivity contribution in [2.24, 2.45) is 0 Å². The lowest BCUT2D eigenvalue weighted by molar-refractivity contribution is -0.384. The van der Waals surface area contributed by atoms with Gasteiger partial charge >= 0.3 is 5.97 Å². The van der Waals surface area contributed by atoms with E-state index in [-0.39, 0.29) is 28.3 Å². The van der Waals surface area contributed by atoms with Crippen LogP contribution in [-0.2, 0) is 4.79 Å². The van der Waals surface area contributed by atoms with Crippen molar-refractivity contribution in [2.45, 2.75) is 6.92 Å². The predicted molar refractivity (Wildman–Crippen MR) is 182 cm³/mol. The molecule has 10 heteroatoms. The molecule has 0 aliphatic heterocycles. The van der Waals surface area contributed by atoms with E-state index in [0.29, 0.717) is 27.9 Å². The van der Waals surface area contributed by atoms with E-state index in [1.54, 1.807) is 49.4 Å². The van der Waals surface area contributed by atoms with Gasteiger partial charge in [-0.25, -0.2) is 14.8 Å². The van der Waals surface area contributed by atoms with Gasteiger partial charge in [-0.15, -0.1) is 0 Å². The first-order chi connectivity index (χ1) is 23.3. The maximum absolute atomic E-state index is 13.1. The molecule has 0 aliphatic rings. The molecule has 1 aromatic heterocycles. The second kappa shape index (κ2) is 13.6. The third-order valence-electron chi connectivity index (χ3n) is 7.44.